The maximum atomic E-state index is 10.7. The number of aliphatic hydroxyl groups is 1. The molecule has 5 unspecified atom stereocenters. The van der Waals surface area contributed by atoms with Crippen molar-refractivity contribution in [3.8, 4) is 0 Å². The van der Waals surface area contributed by atoms with Crippen LogP contribution < -0.4 is 0 Å². The highest BCUT2D eigenvalue weighted by atomic mass is 16.4. The summed E-state index contributed by atoms with van der Waals surface area (Å²) in [6.45, 7) is 2.17. The zero-order valence-electron chi connectivity index (χ0n) is 10.4. The summed E-state index contributed by atoms with van der Waals surface area (Å²) in [6.07, 6.45) is 8.22. The maximum absolute atomic E-state index is 10.7. The average Bonchev–Trinajstić information content (AvgIpc) is 2.27. The van der Waals surface area contributed by atoms with Crippen molar-refractivity contribution in [1.82, 2.24) is 0 Å². The lowest BCUT2D eigenvalue weighted by Gasteiger charge is -2.43. The van der Waals surface area contributed by atoms with Gasteiger partial charge in [0.2, 0.25) is 0 Å². The molecule has 0 spiro atoms. The van der Waals surface area contributed by atoms with E-state index in [4.69, 9.17) is 5.11 Å². The fourth-order valence-electron chi connectivity index (χ4n) is 3.61. The van der Waals surface area contributed by atoms with E-state index in [2.05, 4.69) is 19.1 Å². The Morgan fingerprint density at radius 1 is 1.35 bits per heavy atom. The molecule has 0 amide bonds. The van der Waals surface area contributed by atoms with Crippen LogP contribution in [0, 0.1) is 23.7 Å². The molecule has 0 aromatic rings. The van der Waals surface area contributed by atoms with E-state index >= 15 is 0 Å². The van der Waals surface area contributed by atoms with E-state index in [-0.39, 0.29) is 18.4 Å². The number of aliphatic carboxylic acids is 1. The molecule has 0 saturated heterocycles. The number of carboxylic acids is 1. The number of carbonyl (C=O) groups is 1. The molecular formula is C14H22O3. The lowest BCUT2D eigenvalue weighted by atomic mass is 9.63. The summed E-state index contributed by atoms with van der Waals surface area (Å²) in [5.41, 5.74) is 0. The van der Waals surface area contributed by atoms with Gasteiger partial charge in [0, 0.05) is 12.3 Å². The standard InChI is InChI=1S/C14H22O3/c1-9-5-6-12-11(3-2-4-13(12)15)10(9)7-8-14(16)17/h5-6,9-13,15H,2-4,7-8H2,1H3,(H,16,17). The summed E-state index contributed by atoms with van der Waals surface area (Å²) in [6, 6.07) is 0. The van der Waals surface area contributed by atoms with Crippen molar-refractivity contribution in [1.29, 1.82) is 0 Å². The molecule has 2 aliphatic rings. The fraction of sp³-hybridized carbons (Fsp3) is 0.786. The Kier molecular flexibility index (Phi) is 3.87. The van der Waals surface area contributed by atoms with Crippen LogP contribution in [0.25, 0.3) is 0 Å². The summed E-state index contributed by atoms with van der Waals surface area (Å²) in [7, 11) is 0. The number of fused-ring (bicyclic) bond motifs is 1. The first-order valence-electron chi connectivity index (χ1n) is 6.67. The largest absolute Gasteiger partial charge is 0.481 e. The zero-order valence-corrected chi connectivity index (χ0v) is 10.4. The van der Waals surface area contributed by atoms with Crippen LogP contribution in [0.2, 0.25) is 0 Å². The molecule has 2 rings (SSSR count). The first-order valence-corrected chi connectivity index (χ1v) is 6.67. The minimum Gasteiger partial charge on any atom is -0.481 e. The van der Waals surface area contributed by atoms with Crippen LogP contribution in [-0.2, 0) is 4.79 Å². The second-order valence-corrected chi connectivity index (χ2v) is 5.58. The third-order valence-corrected chi connectivity index (χ3v) is 4.53. The Morgan fingerprint density at radius 2 is 2.12 bits per heavy atom. The average molecular weight is 238 g/mol. The highest BCUT2D eigenvalue weighted by molar-refractivity contribution is 5.66. The van der Waals surface area contributed by atoms with Gasteiger partial charge >= 0.3 is 5.97 Å². The summed E-state index contributed by atoms with van der Waals surface area (Å²) in [5, 5.41) is 18.8. The van der Waals surface area contributed by atoms with Gasteiger partial charge < -0.3 is 10.2 Å². The van der Waals surface area contributed by atoms with Gasteiger partial charge in [-0.25, -0.2) is 0 Å². The zero-order chi connectivity index (χ0) is 12.4. The van der Waals surface area contributed by atoms with E-state index in [9.17, 15) is 9.90 Å². The van der Waals surface area contributed by atoms with Crippen LogP contribution in [0.5, 0.6) is 0 Å². The Balaban J connectivity index is 2.08. The van der Waals surface area contributed by atoms with Crippen molar-refractivity contribution in [2.24, 2.45) is 23.7 Å². The monoisotopic (exact) mass is 238 g/mol. The third-order valence-electron chi connectivity index (χ3n) is 4.53. The molecule has 0 aliphatic heterocycles. The van der Waals surface area contributed by atoms with E-state index in [1.165, 1.54) is 0 Å². The summed E-state index contributed by atoms with van der Waals surface area (Å²) < 4.78 is 0. The third kappa shape index (κ3) is 2.71. The van der Waals surface area contributed by atoms with Crippen LogP contribution in [0.1, 0.15) is 39.0 Å². The predicted molar refractivity (Wildman–Crippen MR) is 65.5 cm³/mol. The van der Waals surface area contributed by atoms with Gasteiger partial charge in [-0.3, -0.25) is 4.79 Å². The second kappa shape index (κ2) is 5.21. The van der Waals surface area contributed by atoms with Gasteiger partial charge in [0.25, 0.3) is 0 Å². The van der Waals surface area contributed by atoms with Crippen molar-refractivity contribution in [3.05, 3.63) is 12.2 Å². The first-order chi connectivity index (χ1) is 8.09. The van der Waals surface area contributed by atoms with Crippen molar-refractivity contribution in [3.63, 3.8) is 0 Å². The quantitative estimate of drug-likeness (QED) is 0.742. The molecule has 2 aliphatic carbocycles. The Morgan fingerprint density at radius 3 is 2.82 bits per heavy atom. The van der Waals surface area contributed by atoms with E-state index in [1.54, 1.807) is 0 Å². The van der Waals surface area contributed by atoms with Gasteiger partial charge in [0.15, 0.2) is 0 Å². The van der Waals surface area contributed by atoms with E-state index < -0.39 is 5.97 Å². The molecule has 3 nitrogen and oxygen atoms in total. The predicted octanol–water partition coefficient (Wildman–Crippen LogP) is 2.45. The molecule has 0 bridgehead atoms. The van der Waals surface area contributed by atoms with E-state index in [0.717, 1.165) is 25.7 Å². The van der Waals surface area contributed by atoms with Crippen LogP contribution in [0.3, 0.4) is 0 Å². The molecule has 0 aromatic heterocycles. The molecule has 3 heteroatoms. The number of allylic oxidation sites excluding steroid dienone is 1. The Hall–Kier alpha value is -0.830. The molecule has 0 heterocycles. The number of rotatable bonds is 3. The number of carboxylic acid groups (broad SMARTS) is 1. The summed E-state index contributed by atoms with van der Waals surface area (Å²) >= 11 is 0. The smallest absolute Gasteiger partial charge is 0.303 e. The lowest BCUT2D eigenvalue weighted by molar-refractivity contribution is -0.137. The molecular weight excluding hydrogens is 216 g/mol. The van der Waals surface area contributed by atoms with E-state index in [1.807, 2.05) is 0 Å². The van der Waals surface area contributed by atoms with Gasteiger partial charge in [0.1, 0.15) is 0 Å². The highest BCUT2D eigenvalue weighted by Crippen LogP contribution is 2.44. The summed E-state index contributed by atoms with van der Waals surface area (Å²) in [5.74, 6) is 0.911. The SMILES string of the molecule is CC1C=CC2C(O)CCCC2C1CCC(=O)O. The van der Waals surface area contributed by atoms with Gasteiger partial charge in [-0.05, 0) is 37.0 Å². The molecule has 5 atom stereocenters. The molecule has 96 valence electrons. The van der Waals surface area contributed by atoms with Gasteiger partial charge in [-0.1, -0.05) is 25.5 Å². The molecule has 1 saturated carbocycles. The fourth-order valence-corrected chi connectivity index (χ4v) is 3.61. The number of aliphatic hydroxyl groups excluding tert-OH is 1. The van der Waals surface area contributed by atoms with Crippen molar-refractivity contribution in [2.45, 2.75) is 45.1 Å². The van der Waals surface area contributed by atoms with Gasteiger partial charge in [-0.2, -0.15) is 0 Å². The molecule has 0 aromatic carbocycles. The number of hydrogen-bond acceptors (Lipinski definition) is 2. The highest BCUT2D eigenvalue weighted by Gasteiger charge is 2.39. The number of hydrogen-bond donors (Lipinski definition) is 2. The Labute approximate surface area is 103 Å². The van der Waals surface area contributed by atoms with Crippen molar-refractivity contribution in [2.75, 3.05) is 0 Å². The topological polar surface area (TPSA) is 57.5 Å². The van der Waals surface area contributed by atoms with Crippen molar-refractivity contribution >= 4 is 5.97 Å². The molecule has 0 radical (unpaired) electrons. The van der Waals surface area contributed by atoms with Crippen LogP contribution >= 0.6 is 0 Å². The van der Waals surface area contributed by atoms with Crippen LogP contribution in [0.15, 0.2) is 12.2 Å². The first kappa shape index (κ1) is 12.6. The normalized spacial score (nSPS) is 40.9. The maximum Gasteiger partial charge on any atom is 0.303 e. The van der Waals surface area contributed by atoms with Crippen LogP contribution in [-0.4, -0.2) is 22.3 Å². The van der Waals surface area contributed by atoms with E-state index in [0.29, 0.717) is 17.8 Å². The lowest BCUT2D eigenvalue weighted by Crippen LogP contribution is -2.39. The second-order valence-electron chi connectivity index (χ2n) is 5.58. The van der Waals surface area contributed by atoms with Gasteiger partial charge in [0.05, 0.1) is 6.10 Å². The molecule has 2 N–H and O–H groups in total. The van der Waals surface area contributed by atoms with Gasteiger partial charge in [-0.15, -0.1) is 0 Å². The minimum absolute atomic E-state index is 0.218. The molecule has 17 heavy (non-hydrogen) atoms. The van der Waals surface area contributed by atoms with Crippen LogP contribution in [0.4, 0.5) is 0 Å². The molecule has 1 fully saturated rings. The summed E-state index contributed by atoms with van der Waals surface area (Å²) in [4.78, 5) is 10.7. The Bertz CT molecular complexity index is 311. The van der Waals surface area contributed by atoms with Crippen molar-refractivity contribution < 1.29 is 15.0 Å². The minimum atomic E-state index is -0.709.